The summed E-state index contributed by atoms with van der Waals surface area (Å²) in [7, 11) is 0. The zero-order valence-corrected chi connectivity index (χ0v) is 19.0. The number of piperidine rings is 1. The number of anilines is 1. The molecule has 0 spiro atoms. The lowest BCUT2D eigenvalue weighted by Crippen LogP contribution is -2.52. The van der Waals surface area contributed by atoms with E-state index < -0.39 is 0 Å². The maximum atomic E-state index is 4.70. The molecule has 1 saturated carbocycles. The molecule has 164 valence electrons. The predicted molar refractivity (Wildman–Crippen MR) is 129 cm³/mol. The van der Waals surface area contributed by atoms with E-state index in [2.05, 4.69) is 61.7 Å². The Morgan fingerprint density at radius 3 is 2.88 bits per heavy atom. The lowest BCUT2D eigenvalue weighted by molar-refractivity contribution is 0.283. The van der Waals surface area contributed by atoms with E-state index in [0.29, 0.717) is 18.0 Å². The molecule has 4 aromatic rings. The summed E-state index contributed by atoms with van der Waals surface area (Å²) >= 11 is 1.64. The number of fused-ring (bicyclic) bond motifs is 5. The van der Waals surface area contributed by atoms with E-state index in [1.807, 2.05) is 17.9 Å². The summed E-state index contributed by atoms with van der Waals surface area (Å²) in [6, 6.07) is 9.69. The van der Waals surface area contributed by atoms with Crippen LogP contribution in [0.5, 0.6) is 0 Å². The average Bonchev–Trinajstić information content (AvgIpc) is 3.45. The number of nitrogens with zero attached hydrogens (tertiary/aromatic N) is 5. The minimum absolute atomic E-state index is 0.552. The molecule has 7 rings (SSSR count). The van der Waals surface area contributed by atoms with Crippen molar-refractivity contribution in [2.45, 2.75) is 44.7 Å². The van der Waals surface area contributed by atoms with Crippen molar-refractivity contribution in [3.8, 4) is 22.4 Å². The Morgan fingerprint density at radius 1 is 1.12 bits per heavy atom. The fourth-order valence-corrected chi connectivity index (χ4v) is 6.35. The van der Waals surface area contributed by atoms with Crippen LogP contribution in [0.15, 0.2) is 42.2 Å². The Bertz CT molecular complexity index is 1200. The smallest absolute Gasteiger partial charge is 0.151 e. The monoisotopic (exact) mass is 445 g/mol. The molecular formula is C24H27N7S. The first-order valence-corrected chi connectivity index (χ1v) is 12.4. The van der Waals surface area contributed by atoms with Crippen molar-refractivity contribution >= 4 is 27.4 Å². The number of rotatable bonds is 5. The first kappa shape index (κ1) is 19.8. The van der Waals surface area contributed by atoms with Crippen molar-refractivity contribution in [2.75, 3.05) is 18.0 Å². The van der Waals surface area contributed by atoms with Gasteiger partial charge in [0.05, 0.1) is 27.6 Å². The van der Waals surface area contributed by atoms with Gasteiger partial charge in [-0.3, -0.25) is 5.10 Å². The van der Waals surface area contributed by atoms with Crippen molar-refractivity contribution in [3.05, 3.63) is 42.2 Å². The molecule has 3 aromatic heterocycles. The zero-order chi connectivity index (χ0) is 21.5. The van der Waals surface area contributed by atoms with E-state index in [9.17, 15) is 0 Å². The summed E-state index contributed by atoms with van der Waals surface area (Å²) in [5, 5.41) is 20.1. The topological polar surface area (TPSA) is 82.6 Å². The highest BCUT2D eigenvalue weighted by Crippen LogP contribution is 2.37. The van der Waals surface area contributed by atoms with Crippen LogP contribution in [0.3, 0.4) is 0 Å². The maximum absolute atomic E-state index is 4.70. The van der Waals surface area contributed by atoms with Gasteiger partial charge in [-0.1, -0.05) is 18.6 Å². The summed E-state index contributed by atoms with van der Waals surface area (Å²) < 4.78 is 1.13. The van der Waals surface area contributed by atoms with Gasteiger partial charge >= 0.3 is 0 Å². The van der Waals surface area contributed by atoms with Gasteiger partial charge in [-0.2, -0.15) is 5.10 Å². The highest BCUT2D eigenvalue weighted by atomic mass is 32.1. The van der Waals surface area contributed by atoms with Gasteiger partial charge in [0.2, 0.25) is 0 Å². The summed E-state index contributed by atoms with van der Waals surface area (Å²) in [6.45, 7) is 4.32. The summed E-state index contributed by atoms with van der Waals surface area (Å²) in [6.07, 6.45) is 8.88. The van der Waals surface area contributed by atoms with Gasteiger partial charge in [0.1, 0.15) is 0 Å². The van der Waals surface area contributed by atoms with Crippen LogP contribution in [-0.2, 0) is 0 Å². The molecule has 8 heteroatoms. The van der Waals surface area contributed by atoms with Crippen LogP contribution < -0.4 is 10.2 Å². The molecule has 1 aromatic carbocycles. The van der Waals surface area contributed by atoms with Crippen LogP contribution in [-0.4, -0.2) is 50.6 Å². The molecule has 3 atom stereocenters. The summed E-state index contributed by atoms with van der Waals surface area (Å²) in [5.74, 6) is 1.69. The minimum Gasteiger partial charge on any atom is -0.352 e. The van der Waals surface area contributed by atoms with E-state index in [-0.39, 0.29) is 0 Å². The Hall–Kier alpha value is -2.84. The zero-order valence-electron chi connectivity index (χ0n) is 18.2. The van der Waals surface area contributed by atoms with Crippen molar-refractivity contribution in [2.24, 2.45) is 5.92 Å². The third-order valence-electron chi connectivity index (χ3n) is 7.12. The molecule has 3 fully saturated rings. The van der Waals surface area contributed by atoms with Gasteiger partial charge in [-0.25, -0.2) is 4.98 Å². The highest BCUT2D eigenvalue weighted by molar-refractivity contribution is 7.17. The molecule has 2 aliphatic heterocycles. The predicted octanol–water partition coefficient (Wildman–Crippen LogP) is 4.50. The van der Waals surface area contributed by atoms with Gasteiger partial charge in [-0.15, -0.1) is 21.5 Å². The van der Waals surface area contributed by atoms with Crippen molar-refractivity contribution < 1.29 is 0 Å². The number of H-pyrrole nitrogens is 1. The molecule has 32 heavy (non-hydrogen) atoms. The lowest BCUT2D eigenvalue weighted by Gasteiger charge is -2.41. The van der Waals surface area contributed by atoms with Crippen LogP contribution in [0.2, 0.25) is 0 Å². The van der Waals surface area contributed by atoms with Gasteiger partial charge < -0.3 is 10.2 Å². The number of aromatic amines is 1. The van der Waals surface area contributed by atoms with Gasteiger partial charge in [0.15, 0.2) is 5.82 Å². The van der Waals surface area contributed by atoms with Crippen LogP contribution >= 0.6 is 11.3 Å². The third-order valence-corrected chi connectivity index (χ3v) is 7.98. The number of aromatic nitrogens is 5. The fraction of sp³-hybridized carbons (Fsp3) is 0.417. The second-order valence-electron chi connectivity index (χ2n) is 8.84. The van der Waals surface area contributed by atoms with Gasteiger partial charge in [0, 0.05) is 48.1 Å². The molecule has 7 nitrogen and oxygen atoms in total. The van der Waals surface area contributed by atoms with Crippen LogP contribution in [0, 0.1) is 5.92 Å². The highest BCUT2D eigenvalue weighted by Gasteiger charge is 2.36. The summed E-state index contributed by atoms with van der Waals surface area (Å²) in [5.41, 5.74) is 6.97. The van der Waals surface area contributed by atoms with Gasteiger partial charge in [-0.05, 0) is 44.2 Å². The van der Waals surface area contributed by atoms with Crippen LogP contribution in [0.25, 0.3) is 32.6 Å². The van der Waals surface area contributed by atoms with E-state index in [1.165, 1.54) is 25.7 Å². The lowest BCUT2D eigenvalue weighted by atomic mass is 9.89. The molecule has 0 radical (unpaired) electrons. The fourth-order valence-electron chi connectivity index (χ4n) is 5.52. The first-order chi connectivity index (χ1) is 15.8. The van der Waals surface area contributed by atoms with Gasteiger partial charge in [0.25, 0.3) is 0 Å². The van der Waals surface area contributed by atoms with E-state index in [0.717, 1.165) is 51.5 Å². The SMILES string of the molecule is CCN(c1ccc(-c2ccc(-c3cn[nH]c3)c3ncsc23)nn1)C1CC2CCCC1CN2. The molecule has 3 unspecified atom stereocenters. The van der Waals surface area contributed by atoms with Crippen LogP contribution in [0.4, 0.5) is 5.82 Å². The van der Waals surface area contributed by atoms with E-state index in [4.69, 9.17) is 5.10 Å². The standard InChI is InChI=1S/C24H27N7S/c1-2-31(21-10-17-5-3-4-15(21)11-25-17)22-9-8-20(29-30-22)19-7-6-18(16-12-27-28-13-16)23-24(19)32-14-26-23/h6-9,12-15,17,21,25H,2-5,10-11H2,1H3,(H,27,28). The minimum atomic E-state index is 0.552. The number of benzene rings is 1. The second kappa shape index (κ2) is 8.26. The molecule has 5 heterocycles. The van der Waals surface area contributed by atoms with Crippen molar-refractivity contribution in [1.29, 1.82) is 0 Å². The number of nitrogens with one attached hydrogen (secondary N) is 2. The number of hydrogen-bond donors (Lipinski definition) is 2. The molecular weight excluding hydrogens is 418 g/mol. The Labute approximate surface area is 191 Å². The quantitative estimate of drug-likeness (QED) is 0.471. The molecule has 0 amide bonds. The molecule has 2 bridgehead atoms. The number of hydrogen-bond acceptors (Lipinski definition) is 7. The van der Waals surface area contributed by atoms with Crippen molar-refractivity contribution in [3.63, 3.8) is 0 Å². The average molecular weight is 446 g/mol. The van der Waals surface area contributed by atoms with E-state index >= 15 is 0 Å². The molecule has 1 aliphatic carbocycles. The molecule has 2 saturated heterocycles. The summed E-state index contributed by atoms with van der Waals surface area (Å²) in [4.78, 5) is 7.10. The Kier molecular flexibility index (Phi) is 5.11. The normalized spacial score (nSPS) is 22.8. The van der Waals surface area contributed by atoms with E-state index in [1.54, 1.807) is 11.3 Å². The third kappa shape index (κ3) is 3.38. The Balaban J connectivity index is 1.32. The maximum Gasteiger partial charge on any atom is 0.151 e. The van der Waals surface area contributed by atoms with Crippen molar-refractivity contribution in [1.82, 2.24) is 30.7 Å². The molecule has 2 N–H and O–H groups in total. The second-order valence-corrected chi connectivity index (χ2v) is 9.69. The van der Waals surface area contributed by atoms with Crippen LogP contribution in [0.1, 0.15) is 32.6 Å². The Morgan fingerprint density at radius 2 is 2.06 bits per heavy atom. The first-order valence-electron chi connectivity index (χ1n) is 11.5. The largest absolute Gasteiger partial charge is 0.352 e. The number of thiazole rings is 1. The molecule has 3 aliphatic rings.